The van der Waals surface area contributed by atoms with Gasteiger partial charge in [0.25, 0.3) is 5.91 Å². The van der Waals surface area contributed by atoms with Gasteiger partial charge in [-0.25, -0.2) is 23.5 Å². The Kier molecular flexibility index (Phi) is 6.64. The predicted molar refractivity (Wildman–Crippen MR) is 99.3 cm³/mol. The maximum Gasteiger partial charge on any atom is 0.271 e. The highest BCUT2D eigenvalue weighted by Crippen LogP contribution is 2.09. The van der Waals surface area contributed by atoms with Crippen LogP contribution in [0.4, 0.5) is 5.82 Å². The van der Waals surface area contributed by atoms with Crippen molar-refractivity contribution in [2.75, 3.05) is 11.9 Å². The van der Waals surface area contributed by atoms with Crippen molar-refractivity contribution in [3.63, 3.8) is 0 Å². The van der Waals surface area contributed by atoms with Gasteiger partial charge in [-0.2, -0.15) is 0 Å². The molecule has 140 valence electrons. The smallest absolute Gasteiger partial charge is 0.271 e. The quantitative estimate of drug-likeness (QED) is 0.636. The summed E-state index contributed by atoms with van der Waals surface area (Å²) in [7, 11) is -3.69. The highest BCUT2D eigenvalue weighted by Gasteiger charge is 2.09. The maximum absolute atomic E-state index is 12.1. The first-order valence-corrected chi connectivity index (χ1v) is 9.82. The van der Waals surface area contributed by atoms with E-state index in [0.29, 0.717) is 18.8 Å². The topological polar surface area (TPSA) is 127 Å². The molecule has 4 N–H and O–H groups in total. The van der Waals surface area contributed by atoms with E-state index >= 15 is 0 Å². The van der Waals surface area contributed by atoms with Crippen molar-refractivity contribution < 1.29 is 13.2 Å². The third-order valence-corrected chi connectivity index (χ3v) is 4.77. The van der Waals surface area contributed by atoms with Crippen molar-refractivity contribution in [1.82, 2.24) is 15.3 Å². The van der Waals surface area contributed by atoms with Gasteiger partial charge in [-0.1, -0.05) is 19.1 Å². The number of carbonyl (C=O) groups is 1. The summed E-state index contributed by atoms with van der Waals surface area (Å²) in [5.41, 5.74) is 1.13. The monoisotopic (exact) mass is 377 g/mol. The molecule has 1 unspecified atom stereocenters. The fourth-order valence-corrected chi connectivity index (χ4v) is 2.65. The van der Waals surface area contributed by atoms with E-state index in [9.17, 15) is 13.2 Å². The summed E-state index contributed by atoms with van der Waals surface area (Å²) in [5, 5.41) is 11.0. The minimum Gasteiger partial charge on any atom is -0.366 e. The number of primary sulfonamides is 1. The number of hydrogen-bond acceptors (Lipinski definition) is 6. The number of nitrogens with zero attached hydrogens (tertiary/aromatic N) is 2. The number of carbonyl (C=O) groups excluding carboxylic acids is 1. The molecule has 1 aromatic heterocycles. The van der Waals surface area contributed by atoms with Crippen LogP contribution in [0.5, 0.6) is 0 Å². The minimum absolute atomic E-state index is 0.0617. The lowest BCUT2D eigenvalue weighted by Gasteiger charge is -2.11. The van der Waals surface area contributed by atoms with Crippen LogP contribution in [-0.2, 0) is 16.4 Å². The third-order valence-electron chi connectivity index (χ3n) is 3.84. The van der Waals surface area contributed by atoms with Gasteiger partial charge >= 0.3 is 0 Å². The molecule has 0 saturated heterocycles. The lowest BCUT2D eigenvalue weighted by atomic mass is 10.1. The molecule has 2 aromatic rings. The summed E-state index contributed by atoms with van der Waals surface area (Å²) in [6.45, 7) is 4.50. The number of nitrogens with one attached hydrogen (secondary N) is 2. The number of hydrogen-bond donors (Lipinski definition) is 3. The zero-order chi connectivity index (χ0) is 19.2. The molecular formula is C17H23N5O3S. The van der Waals surface area contributed by atoms with Crippen molar-refractivity contribution >= 4 is 21.7 Å². The number of aromatic nitrogens is 2. The highest BCUT2D eigenvalue weighted by molar-refractivity contribution is 7.89. The average molecular weight is 377 g/mol. The number of nitrogens with two attached hydrogens (primary N) is 1. The van der Waals surface area contributed by atoms with Crippen LogP contribution in [0.25, 0.3) is 0 Å². The fraction of sp³-hybridized carbons (Fsp3) is 0.353. The van der Waals surface area contributed by atoms with E-state index < -0.39 is 10.0 Å². The van der Waals surface area contributed by atoms with Crippen molar-refractivity contribution in [1.29, 1.82) is 0 Å². The Balaban J connectivity index is 1.85. The first kappa shape index (κ1) is 19.8. The summed E-state index contributed by atoms with van der Waals surface area (Å²) < 4.78 is 22.4. The standard InChI is InChI=1S/C17H23N5O3S/c1-3-12(2)22-16-11-20-15(10-21-16)17(23)19-9-8-13-4-6-14(7-5-13)26(18,24)25/h4-7,10-12H,3,8-9H2,1-2H3,(H,19,23)(H,21,22)(H2,18,24,25). The Hall–Kier alpha value is -2.52. The van der Waals surface area contributed by atoms with Crippen LogP contribution >= 0.6 is 0 Å². The molecule has 1 amide bonds. The molecule has 26 heavy (non-hydrogen) atoms. The van der Waals surface area contributed by atoms with E-state index in [1.165, 1.54) is 24.5 Å². The van der Waals surface area contributed by atoms with E-state index in [1.807, 2.05) is 6.92 Å². The van der Waals surface area contributed by atoms with Gasteiger partial charge in [-0.15, -0.1) is 0 Å². The second kappa shape index (κ2) is 8.72. The molecule has 0 spiro atoms. The van der Waals surface area contributed by atoms with Gasteiger partial charge in [0, 0.05) is 12.6 Å². The Bertz CT molecular complexity index is 836. The molecule has 1 aromatic carbocycles. The SMILES string of the molecule is CCC(C)Nc1cnc(C(=O)NCCc2ccc(S(N)(=O)=O)cc2)cn1. The molecule has 1 atom stereocenters. The van der Waals surface area contributed by atoms with Crippen LogP contribution in [-0.4, -0.2) is 36.9 Å². The summed E-state index contributed by atoms with van der Waals surface area (Å²) in [5.74, 6) is 0.319. The lowest BCUT2D eigenvalue weighted by Crippen LogP contribution is -2.27. The van der Waals surface area contributed by atoms with Gasteiger partial charge in [-0.05, 0) is 37.5 Å². The molecule has 0 aliphatic carbocycles. The molecule has 9 heteroatoms. The van der Waals surface area contributed by atoms with Crippen LogP contribution in [0, 0.1) is 0 Å². The van der Waals surface area contributed by atoms with Crippen molar-refractivity contribution in [3.8, 4) is 0 Å². The zero-order valence-corrected chi connectivity index (χ0v) is 15.6. The van der Waals surface area contributed by atoms with Crippen LogP contribution in [0.1, 0.15) is 36.3 Å². The molecule has 2 rings (SSSR count). The summed E-state index contributed by atoms with van der Waals surface area (Å²) >= 11 is 0. The molecule has 0 aliphatic heterocycles. The Labute approximate surface area is 153 Å². The van der Waals surface area contributed by atoms with Gasteiger partial charge in [-0.3, -0.25) is 4.79 Å². The van der Waals surface area contributed by atoms with Crippen LogP contribution in [0.3, 0.4) is 0 Å². The fourth-order valence-electron chi connectivity index (χ4n) is 2.13. The summed E-state index contributed by atoms with van der Waals surface area (Å²) in [4.78, 5) is 20.4. The first-order chi connectivity index (χ1) is 12.3. The normalized spacial score (nSPS) is 12.4. The van der Waals surface area contributed by atoms with Gasteiger partial charge < -0.3 is 10.6 Å². The summed E-state index contributed by atoms with van der Waals surface area (Å²) in [6.07, 6.45) is 4.48. The number of rotatable bonds is 8. The zero-order valence-electron chi connectivity index (χ0n) is 14.8. The number of sulfonamides is 1. The molecule has 8 nitrogen and oxygen atoms in total. The van der Waals surface area contributed by atoms with Crippen molar-refractivity contribution in [2.45, 2.75) is 37.6 Å². The first-order valence-electron chi connectivity index (χ1n) is 8.28. The predicted octanol–water partition coefficient (Wildman–Crippen LogP) is 1.31. The highest BCUT2D eigenvalue weighted by atomic mass is 32.2. The largest absolute Gasteiger partial charge is 0.366 e. The van der Waals surface area contributed by atoms with Gasteiger partial charge in [0.1, 0.15) is 11.5 Å². The molecule has 0 saturated carbocycles. The second-order valence-electron chi connectivity index (χ2n) is 5.94. The average Bonchev–Trinajstić information content (AvgIpc) is 2.61. The lowest BCUT2D eigenvalue weighted by molar-refractivity contribution is 0.0949. The van der Waals surface area contributed by atoms with E-state index in [-0.39, 0.29) is 22.5 Å². The second-order valence-corrected chi connectivity index (χ2v) is 7.50. The maximum atomic E-state index is 12.1. The number of anilines is 1. The number of amides is 1. The number of benzene rings is 1. The Morgan fingerprint density at radius 3 is 2.42 bits per heavy atom. The van der Waals surface area contributed by atoms with E-state index in [0.717, 1.165) is 12.0 Å². The van der Waals surface area contributed by atoms with Crippen molar-refractivity contribution in [3.05, 3.63) is 47.9 Å². The van der Waals surface area contributed by atoms with E-state index in [4.69, 9.17) is 5.14 Å². The van der Waals surface area contributed by atoms with Gasteiger partial charge in [0.05, 0.1) is 17.3 Å². The molecule has 1 heterocycles. The molecule has 0 fully saturated rings. The van der Waals surface area contributed by atoms with Crippen LogP contribution in [0.2, 0.25) is 0 Å². The van der Waals surface area contributed by atoms with Gasteiger partial charge in [0.15, 0.2) is 0 Å². The molecule has 0 bridgehead atoms. The molecular weight excluding hydrogens is 354 g/mol. The van der Waals surface area contributed by atoms with Crippen LogP contribution in [0.15, 0.2) is 41.6 Å². The van der Waals surface area contributed by atoms with Crippen LogP contribution < -0.4 is 15.8 Å². The summed E-state index contributed by atoms with van der Waals surface area (Å²) in [6, 6.07) is 6.51. The Morgan fingerprint density at radius 1 is 1.19 bits per heavy atom. The van der Waals surface area contributed by atoms with Gasteiger partial charge in [0.2, 0.25) is 10.0 Å². The van der Waals surface area contributed by atoms with E-state index in [2.05, 4.69) is 27.5 Å². The third kappa shape index (κ3) is 5.78. The van der Waals surface area contributed by atoms with E-state index in [1.54, 1.807) is 12.1 Å². The molecule has 0 radical (unpaired) electrons. The molecule has 0 aliphatic rings. The Morgan fingerprint density at radius 2 is 1.88 bits per heavy atom. The minimum atomic E-state index is -3.69. The van der Waals surface area contributed by atoms with Crippen molar-refractivity contribution in [2.24, 2.45) is 5.14 Å².